The molecule has 1 aliphatic heterocycles. The molecule has 0 aliphatic carbocycles. The van der Waals surface area contributed by atoms with Crippen molar-refractivity contribution in [2.45, 2.75) is 26.2 Å². The first-order chi connectivity index (χ1) is 7.65. The van der Waals surface area contributed by atoms with Gasteiger partial charge in [0.25, 0.3) is 5.91 Å². The molecular weight excluding hydrogens is 210 g/mol. The maximum atomic E-state index is 11.9. The molecule has 1 rings (SSSR count). The number of nitrogens with zero attached hydrogens (tertiary/aromatic N) is 1. The number of likely N-dealkylation sites (N-methyl/N-ethyl adjacent to an activating group) is 1. The minimum Gasteiger partial charge on any atom is -0.501 e. The van der Waals surface area contributed by atoms with E-state index in [1.54, 1.807) is 0 Å². The molecule has 1 amide bonds. The minimum atomic E-state index is -0.889. The first-order valence-corrected chi connectivity index (χ1v) is 5.47. The van der Waals surface area contributed by atoms with Crippen LogP contribution in [0.1, 0.15) is 26.2 Å². The zero-order chi connectivity index (χ0) is 12.0. The summed E-state index contributed by atoms with van der Waals surface area (Å²) in [6.45, 7) is 3.26. The molecule has 0 aromatic rings. The average molecular weight is 227 g/mol. The number of carbonyl (C=O) groups is 2. The Morgan fingerprint density at radius 1 is 1.56 bits per heavy atom. The fraction of sp³-hybridized carbons (Fsp3) is 0.636. The van der Waals surface area contributed by atoms with Gasteiger partial charge in [0.05, 0.1) is 24.9 Å². The maximum absolute atomic E-state index is 11.9. The van der Waals surface area contributed by atoms with Crippen LogP contribution in [0.15, 0.2) is 11.8 Å². The molecule has 0 saturated heterocycles. The van der Waals surface area contributed by atoms with Crippen molar-refractivity contribution in [1.82, 2.24) is 4.90 Å². The van der Waals surface area contributed by atoms with E-state index in [1.165, 1.54) is 11.2 Å². The van der Waals surface area contributed by atoms with Gasteiger partial charge in [-0.05, 0) is 19.8 Å². The highest BCUT2D eigenvalue weighted by molar-refractivity contribution is 5.93. The Labute approximate surface area is 94.7 Å². The third kappa shape index (κ3) is 3.56. The molecule has 16 heavy (non-hydrogen) atoms. The third-order valence-electron chi connectivity index (χ3n) is 2.47. The SMILES string of the molecule is CCN(CCC(=O)O)C(=O)C1=COCCC1. The molecule has 1 aliphatic rings. The van der Waals surface area contributed by atoms with Gasteiger partial charge in [-0.25, -0.2) is 0 Å². The van der Waals surface area contributed by atoms with E-state index in [0.29, 0.717) is 25.1 Å². The number of hydrogen-bond acceptors (Lipinski definition) is 3. The molecule has 1 N–H and O–H groups in total. The van der Waals surface area contributed by atoms with Crippen molar-refractivity contribution in [1.29, 1.82) is 0 Å². The van der Waals surface area contributed by atoms with E-state index in [9.17, 15) is 9.59 Å². The number of amides is 1. The molecular formula is C11H17NO4. The lowest BCUT2D eigenvalue weighted by Crippen LogP contribution is -2.34. The van der Waals surface area contributed by atoms with E-state index >= 15 is 0 Å². The summed E-state index contributed by atoms with van der Waals surface area (Å²) in [5, 5.41) is 8.57. The zero-order valence-electron chi connectivity index (χ0n) is 9.44. The molecule has 0 bridgehead atoms. The van der Waals surface area contributed by atoms with Crippen molar-refractivity contribution in [2.24, 2.45) is 0 Å². The normalized spacial score (nSPS) is 14.9. The highest BCUT2D eigenvalue weighted by Crippen LogP contribution is 2.14. The second kappa shape index (κ2) is 6.15. The van der Waals surface area contributed by atoms with Crippen molar-refractivity contribution in [3.05, 3.63) is 11.8 Å². The Bertz CT molecular complexity index is 298. The van der Waals surface area contributed by atoms with Gasteiger partial charge in [-0.15, -0.1) is 0 Å². The Morgan fingerprint density at radius 2 is 2.31 bits per heavy atom. The summed E-state index contributed by atoms with van der Waals surface area (Å²) >= 11 is 0. The Balaban J connectivity index is 2.54. The van der Waals surface area contributed by atoms with E-state index in [-0.39, 0.29) is 18.9 Å². The van der Waals surface area contributed by atoms with Crippen molar-refractivity contribution >= 4 is 11.9 Å². The van der Waals surface area contributed by atoms with Gasteiger partial charge in [-0.1, -0.05) is 0 Å². The highest BCUT2D eigenvalue weighted by atomic mass is 16.5. The smallest absolute Gasteiger partial charge is 0.305 e. The van der Waals surface area contributed by atoms with E-state index in [4.69, 9.17) is 9.84 Å². The molecule has 5 nitrogen and oxygen atoms in total. The monoisotopic (exact) mass is 227 g/mol. The minimum absolute atomic E-state index is 0.0201. The van der Waals surface area contributed by atoms with Crippen LogP contribution in [0.2, 0.25) is 0 Å². The fourth-order valence-corrected chi connectivity index (χ4v) is 1.56. The second-order valence-electron chi connectivity index (χ2n) is 3.65. The molecule has 1 heterocycles. The van der Waals surface area contributed by atoms with Gasteiger partial charge in [0.1, 0.15) is 0 Å². The quantitative estimate of drug-likeness (QED) is 0.761. The Kier molecular flexibility index (Phi) is 4.82. The summed E-state index contributed by atoms with van der Waals surface area (Å²) in [6, 6.07) is 0. The van der Waals surface area contributed by atoms with Crippen LogP contribution in [0.4, 0.5) is 0 Å². The predicted octanol–water partition coefficient (Wildman–Crippen LogP) is 1.00. The zero-order valence-corrected chi connectivity index (χ0v) is 9.44. The lowest BCUT2D eigenvalue weighted by atomic mass is 10.1. The van der Waals surface area contributed by atoms with Crippen LogP contribution < -0.4 is 0 Å². The lowest BCUT2D eigenvalue weighted by molar-refractivity contribution is -0.138. The molecule has 0 atom stereocenters. The van der Waals surface area contributed by atoms with Gasteiger partial charge in [0.15, 0.2) is 0 Å². The van der Waals surface area contributed by atoms with Gasteiger partial charge in [0, 0.05) is 13.1 Å². The van der Waals surface area contributed by atoms with Crippen LogP contribution in [0, 0.1) is 0 Å². The average Bonchev–Trinajstić information content (AvgIpc) is 2.30. The van der Waals surface area contributed by atoms with E-state index in [0.717, 1.165) is 6.42 Å². The topological polar surface area (TPSA) is 66.8 Å². The van der Waals surface area contributed by atoms with Crippen LogP contribution in [0.5, 0.6) is 0 Å². The number of carboxylic acids is 1. The number of carbonyl (C=O) groups excluding carboxylic acids is 1. The Hall–Kier alpha value is -1.52. The number of hydrogen-bond donors (Lipinski definition) is 1. The number of rotatable bonds is 5. The standard InChI is InChI=1S/C11H17NO4/c1-2-12(6-5-10(13)14)11(15)9-4-3-7-16-8-9/h8H,2-7H2,1H3,(H,13,14). The summed E-state index contributed by atoms with van der Waals surface area (Å²) in [7, 11) is 0. The fourth-order valence-electron chi connectivity index (χ4n) is 1.56. The summed E-state index contributed by atoms with van der Waals surface area (Å²) in [4.78, 5) is 23.9. The first-order valence-electron chi connectivity index (χ1n) is 5.47. The molecule has 90 valence electrons. The largest absolute Gasteiger partial charge is 0.501 e. The molecule has 0 saturated carbocycles. The van der Waals surface area contributed by atoms with Crippen molar-refractivity contribution < 1.29 is 19.4 Å². The molecule has 0 unspecified atom stereocenters. The van der Waals surface area contributed by atoms with E-state index in [2.05, 4.69) is 0 Å². The molecule has 5 heteroatoms. The first kappa shape index (κ1) is 12.5. The maximum Gasteiger partial charge on any atom is 0.305 e. The van der Waals surface area contributed by atoms with Crippen molar-refractivity contribution in [3.63, 3.8) is 0 Å². The van der Waals surface area contributed by atoms with E-state index in [1.807, 2.05) is 6.92 Å². The summed E-state index contributed by atoms with van der Waals surface area (Å²) in [5.41, 5.74) is 0.637. The van der Waals surface area contributed by atoms with Crippen LogP contribution in [0.3, 0.4) is 0 Å². The summed E-state index contributed by atoms with van der Waals surface area (Å²) < 4.78 is 5.10. The predicted molar refractivity (Wildman–Crippen MR) is 57.8 cm³/mol. The Morgan fingerprint density at radius 3 is 2.81 bits per heavy atom. The van der Waals surface area contributed by atoms with Gasteiger partial charge in [-0.2, -0.15) is 0 Å². The van der Waals surface area contributed by atoms with Crippen LogP contribution in [0.25, 0.3) is 0 Å². The molecule has 0 fully saturated rings. The van der Waals surface area contributed by atoms with Gasteiger partial charge >= 0.3 is 5.97 Å². The van der Waals surface area contributed by atoms with Crippen LogP contribution in [-0.2, 0) is 14.3 Å². The van der Waals surface area contributed by atoms with Crippen LogP contribution in [-0.4, -0.2) is 41.6 Å². The van der Waals surface area contributed by atoms with Gasteiger partial charge in [0.2, 0.25) is 0 Å². The second-order valence-corrected chi connectivity index (χ2v) is 3.65. The molecule has 0 aromatic heterocycles. The van der Waals surface area contributed by atoms with Crippen molar-refractivity contribution in [2.75, 3.05) is 19.7 Å². The summed E-state index contributed by atoms with van der Waals surface area (Å²) in [6.07, 6.45) is 3.03. The number of ether oxygens (including phenoxy) is 1. The third-order valence-corrected chi connectivity index (χ3v) is 2.47. The summed E-state index contributed by atoms with van der Waals surface area (Å²) in [5.74, 6) is -0.997. The molecule has 0 radical (unpaired) electrons. The van der Waals surface area contributed by atoms with Gasteiger partial charge in [-0.3, -0.25) is 9.59 Å². The number of aliphatic carboxylic acids is 1. The van der Waals surface area contributed by atoms with Crippen LogP contribution >= 0.6 is 0 Å². The van der Waals surface area contributed by atoms with E-state index < -0.39 is 5.97 Å². The number of carboxylic acid groups (broad SMARTS) is 1. The molecule has 0 aromatic carbocycles. The lowest BCUT2D eigenvalue weighted by Gasteiger charge is -2.23. The van der Waals surface area contributed by atoms with Gasteiger partial charge < -0.3 is 14.7 Å². The van der Waals surface area contributed by atoms with Crippen molar-refractivity contribution in [3.8, 4) is 0 Å². The highest BCUT2D eigenvalue weighted by Gasteiger charge is 2.19. The molecule has 0 spiro atoms.